The summed E-state index contributed by atoms with van der Waals surface area (Å²) in [5.41, 5.74) is -0.0826. The van der Waals surface area contributed by atoms with Gasteiger partial charge in [0.1, 0.15) is 3.70 Å². The minimum absolute atomic E-state index is 0.103. The fourth-order valence-corrected chi connectivity index (χ4v) is 2.85. The van der Waals surface area contributed by atoms with Crippen LogP contribution in [-0.2, 0) is 10.1 Å². The number of alkyl halides is 3. The van der Waals surface area contributed by atoms with Crippen molar-refractivity contribution in [2.75, 3.05) is 7.11 Å². The van der Waals surface area contributed by atoms with Crippen molar-refractivity contribution < 1.29 is 18.3 Å². The molecule has 0 saturated heterocycles. The second-order valence-corrected chi connectivity index (χ2v) is 4.37. The molecule has 0 N–H and O–H groups in total. The van der Waals surface area contributed by atoms with Gasteiger partial charge in [-0.1, -0.05) is 15.9 Å². The number of carbonyl (C=O) groups excluding carboxylic acids is 1. The Hall–Kier alpha value is -0.310. The maximum Gasteiger partial charge on any atom is 0.338 e. The van der Waals surface area contributed by atoms with Crippen LogP contribution in [0.2, 0.25) is 0 Å². The van der Waals surface area contributed by atoms with E-state index < -0.39 is 18.0 Å². The minimum Gasteiger partial charge on any atom is -0.465 e. The van der Waals surface area contributed by atoms with Crippen LogP contribution in [0, 0.1) is 3.70 Å². The number of methoxy groups -OCH3 is 1. The molecule has 0 aromatic carbocycles. The number of rotatable bonds is 3. The van der Waals surface area contributed by atoms with Gasteiger partial charge in [0.05, 0.1) is 18.2 Å². The lowest BCUT2D eigenvalue weighted by atomic mass is 10.1. The Balaban J connectivity index is 3.47. The molecule has 1 aromatic heterocycles. The molecule has 3 nitrogen and oxygen atoms in total. The van der Waals surface area contributed by atoms with E-state index in [4.69, 9.17) is 0 Å². The minimum atomic E-state index is -2.75. The zero-order valence-corrected chi connectivity index (χ0v) is 11.9. The molecule has 0 saturated carbocycles. The van der Waals surface area contributed by atoms with E-state index in [9.17, 15) is 13.6 Å². The van der Waals surface area contributed by atoms with Crippen LogP contribution in [0.15, 0.2) is 6.20 Å². The molecule has 0 fully saturated rings. The van der Waals surface area contributed by atoms with E-state index in [0.29, 0.717) is 9.26 Å². The Kier molecular flexibility index (Phi) is 5.03. The standard InChI is InChI=1S/C9H7BrF2INO2/c1-16-9(15)6-4(2-10)8(13)14-3-5(6)7(11)12/h3,7H,2H2,1H3. The number of hydrogen-bond donors (Lipinski definition) is 0. The summed E-state index contributed by atoms with van der Waals surface area (Å²) < 4.78 is 30.4. The van der Waals surface area contributed by atoms with Crippen molar-refractivity contribution in [1.82, 2.24) is 4.98 Å². The molecule has 0 aliphatic heterocycles. The van der Waals surface area contributed by atoms with Crippen LogP contribution in [0.25, 0.3) is 0 Å². The van der Waals surface area contributed by atoms with Gasteiger partial charge in [-0.2, -0.15) is 0 Å². The van der Waals surface area contributed by atoms with Crippen molar-refractivity contribution in [2.45, 2.75) is 11.8 Å². The van der Waals surface area contributed by atoms with E-state index in [1.165, 1.54) is 0 Å². The van der Waals surface area contributed by atoms with Gasteiger partial charge in [-0.15, -0.1) is 0 Å². The fourth-order valence-electron chi connectivity index (χ4n) is 1.18. The normalized spacial score (nSPS) is 10.6. The SMILES string of the molecule is COC(=O)c1c(C(F)F)cnc(I)c1CBr. The summed E-state index contributed by atoms with van der Waals surface area (Å²) in [6.45, 7) is 0. The van der Waals surface area contributed by atoms with Crippen molar-refractivity contribution in [3.05, 3.63) is 26.6 Å². The molecule has 88 valence electrons. The average Bonchev–Trinajstić information content (AvgIpc) is 2.27. The number of nitrogens with zero attached hydrogens (tertiary/aromatic N) is 1. The largest absolute Gasteiger partial charge is 0.465 e. The van der Waals surface area contributed by atoms with E-state index in [2.05, 4.69) is 25.7 Å². The summed E-state index contributed by atoms with van der Waals surface area (Å²) in [6, 6.07) is 0. The third-order valence-corrected chi connectivity index (χ3v) is 3.41. The van der Waals surface area contributed by atoms with Gasteiger partial charge in [0.25, 0.3) is 6.43 Å². The average molecular weight is 406 g/mol. The highest BCUT2D eigenvalue weighted by Crippen LogP contribution is 2.28. The van der Waals surface area contributed by atoms with Gasteiger partial charge < -0.3 is 4.74 Å². The third kappa shape index (κ3) is 2.68. The van der Waals surface area contributed by atoms with Gasteiger partial charge in [-0.25, -0.2) is 18.6 Å². The first-order chi connectivity index (χ1) is 7.52. The molecule has 0 radical (unpaired) electrons. The number of hydrogen-bond acceptors (Lipinski definition) is 3. The van der Waals surface area contributed by atoms with Crippen LogP contribution >= 0.6 is 38.5 Å². The summed E-state index contributed by atoms with van der Waals surface area (Å²) in [7, 11) is 1.16. The molecule has 0 spiro atoms. The van der Waals surface area contributed by atoms with Crippen LogP contribution in [0.3, 0.4) is 0 Å². The van der Waals surface area contributed by atoms with Crippen LogP contribution in [0.1, 0.15) is 27.9 Å². The summed E-state index contributed by atoms with van der Waals surface area (Å²) in [4.78, 5) is 15.3. The third-order valence-electron chi connectivity index (χ3n) is 1.91. The number of halogens is 4. The van der Waals surface area contributed by atoms with Gasteiger partial charge in [0.15, 0.2) is 0 Å². The van der Waals surface area contributed by atoms with Gasteiger partial charge in [0.2, 0.25) is 0 Å². The number of esters is 1. The molecule has 7 heteroatoms. The number of ether oxygens (including phenoxy) is 1. The molecule has 1 aromatic rings. The second-order valence-electron chi connectivity index (χ2n) is 2.78. The Morgan fingerprint density at radius 3 is 2.75 bits per heavy atom. The molecule has 0 unspecified atom stereocenters. The van der Waals surface area contributed by atoms with E-state index in [0.717, 1.165) is 13.3 Å². The van der Waals surface area contributed by atoms with Crippen LogP contribution < -0.4 is 0 Å². The lowest BCUT2D eigenvalue weighted by molar-refractivity contribution is 0.0587. The summed E-state index contributed by atoms with van der Waals surface area (Å²) in [6.07, 6.45) is -1.75. The molecule has 1 rings (SSSR count). The van der Waals surface area contributed by atoms with Gasteiger partial charge >= 0.3 is 5.97 Å². The van der Waals surface area contributed by atoms with Crippen molar-refractivity contribution in [3.63, 3.8) is 0 Å². The molecule has 16 heavy (non-hydrogen) atoms. The maximum absolute atomic E-state index is 12.7. The van der Waals surface area contributed by atoms with Crippen molar-refractivity contribution in [3.8, 4) is 0 Å². The molecule has 0 amide bonds. The Morgan fingerprint density at radius 2 is 2.31 bits per heavy atom. The molecular weight excluding hydrogens is 399 g/mol. The smallest absolute Gasteiger partial charge is 0.338 e. The predicted octanol–water partition coefficient (Wildman–Crippen LogP) is 3.31. The summed E-state index contributed by atoms with van der Waals surface area (Å²) in [5.74, 6) is -0.773. The van der Waals surface area contributed by atoms with E-state index in [1.807, 2.05) is 22.6 Å². The molecule has 0 bridgehead atoms. The maximum atomic E-state index is 12.7. The Morgan fingerprint density at radius 1 is 1.69 bits per heavy atom. The predicted molar refractivity (Wildman–Crippen MR) is 65.9 cm³/mol. The highest BCUT2D eigenvalue weighted by Gasteiger charge is 2.24. The first kappa shape index (κ1) is 13.8. The van der Waals surface area contributed by atoms with Crippen molar-refractivity contribution >= 4 is 44.5 Å². The summed E-state index contributed by atoms with van der Waals surface area (Å²) >= 11 is 5.02. The van der Waals surface area contributed by atoms with E-state index in [-0.39, 0.29) is 10.9 Å². The second kappa shape index (κ2) is 5.85. The zero-order valence-electron chi connectivity index (χ0n) is 8.14. The fraction of sp³-hybridized carbons (Fsp3) is 0.333. The number of carbonyl (C=O) groups is 1. The van der Waals surface area contributed by atoms with E-state index in [1.54, 1.807) is 0 Å². The van der Waals surface area contributed by atoms with Crippen LogP contribution in [-0.4, -0.2) is 18.1 Å². The molecule has 0 aliphatic carbocycles. The lowest BCUT2D eigenvalue weighted by Gasteiger charge is -2.11. The first-order valence-electron chi connectivity index (χ1n) is 4.12. The van der Waals surface area contributed by atoms with Crippen LogP contribution in [0.5, 0.6) is 0 Å². The highest BCUT2D eigenvalue weighted by molar-refractivity contribution is 14.1. The van der Waals surface area contributed by atoms with Gasteiger partial charge in [0, 0.05) is 17.1 Å². The highest BCUT2D eigenvalue weighted by atomic mass is 127. The number of aromatic nitrogens is 1. The summed E-state index contributed by atoms with van der Waals surface area (Å²) in [5, 5.41) is 0.267. The Bertz CT molecular complexity index is 415. The first-order valence-corrected chi connectivity index (χ1v) is 6.32. The molecule has 0 aliphatic rings. The van der Waals surface area contributed by atoms with Gasteiger partial charge in [-0.3, -0.25) is 0 Å². The van der Waals surface area contributed by atoms with Gasteiger partial charge in [-0.05, 0) is 22.6 Å². The van der Waals surface area contributed by atoms with Crippen molar-refractivity contribution in [2.24, 2.45) is 0 Å². The van der Waals surface area contributed by atoms with E-state index >= 15 is 0 Å². The molecule has 0 atom stereocenters. The lowest BCUT2D eigenvalue weighted by Crippen LogP contribution is -2.12. The molecular formula is C9H7BrF2INO2. The Labute approximate surface area is 113 Å². The monoisotopic (exact) mass is 405 g/mol. The number of pyridine rings is 1. The zero-order chi connectivity index (χ0) is 12.3. The van der Waals surface area contributed by atoms with Crippen molar-refractivity contribution in [1.29, 1.82) is 0 Å². The molecule has 1 heterocycles. The topological polar surface area (TPSA) is 39.2 Å². The quantitative estimate of drug-likeness (QED) is 0.335. The van der Waals surface area contributed by atoms with Crippen LogP contribution in [0.4, 0.5) is 8.78 Å².